The van der Waals surface area contributed by atoms with Gasteiger partial charge in [-0.3, -0.25) is 25.3 Å². The van der Waals surface area contributed by atoms with Crippen LogP contribution >= 0.6 is 15.9 Å². The lowest BCUT2D eigenvalue weighted by Gasteiger charge is -2.30. The fourth-order valence-electron chi connectivity index (χ4n) is 2.72. The Morgan fingerprint density at radius 3 is 2.41 bits per heavy atom. The summed E-state index contributed by atoms with van der Waals surface area (Å²) >= 11 is 3.31. The third kappa shape index (κ3) is 5.10. The maximum Gasteiger partial charge on any atom is 0.269 e. The molecular weight excluding hydrogens is 346 g/mol. The minimum absolute atomic E-state index is 0.196. The predicted octanol–water partition coefficient (Wildman–Crippen LogP) is 2.47. The highest BCUT2D eigenvalue weighted by molar-refractivity contribution is 9.10. The van der Waals surface area contributed by atoms with Crippen LogP contribution in [0.15, 0.2) is 28.7 Å². The van der Waals surface area contributed by atoms with Gasteiger partial charge < -0.3 is 0 Å². The van der Waals surface area contributed by atoms with Crippen molar-refractivity contribution in [2.75, 3.05) is 13.6 Å². The van der Waals surface area contributed by atoms with Crippen molar-refractivity contribution in [3.05, 3.63) is 34.3 Å². The zero-order valence-electron chi connectivity index (χ0n) is 12.8. The molecule has 0 heterocycles. The highest BCUT2D eigenvalue weighted by Crippen LogP contribution is 2.21. The number of amides is 2. The first-order valence-electron chi connectivity index (χ1n) is 7.61. The topological polar surface area (TPSA) is 61.4 Å². The van der Waals surface area contributed by atoms with Gasteiger partial charge in [-0.25, -0.2) is 0 Å². The summed E-state index contributed by atoms with van der Waals surface area (Å²) in [5.74, 6) is -0.514. The first-order valence-corrected chi connectivity index (χ1v) is 8.40. The molecule has 2 amide bonds. The second-order valence-corrected chi connectivity index (χ2v) is 6.63. The molecule has 0 radical (unpaired) electrons. The van der Waals surface area contributed by atoms with Crippen molar-refractivity contribution < 1.29 is 9.59 Å². The summed E-state index contributed by atoms with van der Waals surface area (Å²) in [6.07, 6.45) is 6.05. The molecule has 1 aliphatic carbocycles. The molecule has 1 saturated carbocycles. The van der Waals surface area contributed by atoms with Crippen LogP contribution in [0.5, 0.6) is 0 Å². The summed E-state index contributed by atoms with van der Waals surface area (Å²) in [6.45, 7) is 0.297. The van der Waals surface area contributed by atoms with Crippen molar-refractivity contribution in [1.82, 2.24) is 15.8 Å². The maximum absolute atomic E-state index is 11.9. The van der Waals surface area contributed by atoms with Crippen LogP contribution in [0.1, 0.15) is 42.5 Å². The lowest BCUT2D eigenvalue weighted by Crippen LogP contribution is -2.47. The molecule has 2 N–H and O–H groups in total. The molecule has 6 heteroatoms. The van der Waals surface area contributed by atoms with Gasteiger partial charge in [-0.15, -0.1) is 0 Å². The third-order valence-electron chi connectivity index (χ3n) is 4.01. The number of benzene rings is 1. The van der Waals surface area contributed by atoms with E-state index in [0.29, 0.717) is 18.2 Å². The zero-order chi connectivity index (χ0) is 15.9. The Bertz CT molecular complexity index is 513. The van der Waals surface area contributed by atoms with Gasteiger partial charge in [0.1, 0.15) is 0 Å². The first-order chi connectivity index (χ1) is 10.6. The number of hydrogen-bond acceptors (Lipinski definition) is 3. The Morgan fingerprint density at radius 1 is 1.14 bits per heavy atom. The number of carbonyl (C=O) groups is 2. The normalized spacial score (nSPS) is 15.6. The van der Waals surface area contributed by atoms with Crippen molar-refractivity contribution in [3.63, 3.8) is 0 Å². The second-order valence-electron chi connectivity index (χ2n) is 5.72. The van der Waals surface area contributed by atoms with Crippen LogP contribution in [-0.2, 0) is 4.79 Å². The number of rotatable bonds is 4. The SMILES string of the molecule is CN(CC(=O)NNC(=O)c1ccc(Br)cc1)C1CCCCC1. The predicted molar refractivity (Wildman–Crippen MR) is 89.3 cm³/mol. The molecule has 5 nitrogen and oxygen atoms in total. The fraction of sp³-hybridized carbons (Fsp3) is 0.500. The maximum atomic E-state index is 11.9. The van der Waals surface area contributed by atoms with E-state index in [2.05, 4.69) is 31.7 Å². The van der Waals surface area contributed by atoms with Crippen LogP contribution in [-0.4, -0.2) is 36.3 Å². The van der Waals surface area contributed by atoms with Gasteiger partial charge in [0.15, 0.2) is 0 Å². The van der Waals surface area contributed by atoms with Crippen molar-refractivity contribution in [2.24, 2.45) is 0 Å². The lowest BCUT2D eigenvalue weighted by atomic mass is 9.94. The Morgan fingerprint density at radius 2 is 1.77 bits per heavy atom. The van der Waals surface area contributed by atoms with Crippen LogP contribution in [0.2, 0.25) is 0 Å². The van der Waals surface area contributed by atoms with Gasteiger partial charge in [0.25, 0.3) is 11.8 Å². The molecule has 0 atom stereocenters. The summed E-state index contributed by atoms with van der Waals surface area (Å²) in [5.41, 5.74) is 5.42. The van der Waals surface area contributed by atoms with E-state index in [4.69, 9.17) is 0 Å². The standard InChI is InChI=1S/C16H22BrN3O2/c1-20(14-5-3-2-4-6-14)11-15(21)18-19-16(22)12-7-9-13(17)10-8-12/h7-10,14H,2-6,11H2,1H3,(H,18,21)(H,19,22). The van der Waals surface area contributed by atoms with Gasteiger partial charge in [-0.05, 0) is 44.2 Å². The number of hydrogen-bond donors (Lipinski definition) is 2. The molecular formula is C16H22BrN3O2. The largest absolute Gasteiger partial charge is 0.295 e. The minimum Gasteiger partial charge on any atom is -0.295 e. The number of nitrogens with zero attached hydrogens (tertiary/aromatic N) is 1. The van der Waals surface area contributed by atoms with Gasteiger partial charge in [0.05, 0.1) is 6.54 Å². The molecule has 1 aromatic carbocycles. The van der Waals surface area contributed by atoms with Crippen LogP contribution in [0.25, 0.3) is 0 Å². The van der Waals surface area contributed by atoms with Crippen LogP contribution in [0.4, 0.5) is 0 Å². The second kappa shape index (κ2) is 8.29. The van der Waals surface area contributed by atoms with Gasteiger partial charge >= 0.3 is 0 Å². The summed E-state index contributed by atoms with van der Waals surface area (Å²) < 4.78 is 0.905. The average Bonchev–Trinajstić information content (AvgIpc) is 2.54. The highest BCUT2D eigenvalue weighted by Gasteiger charge is 2.19. The van der Waals surface area contributed by atoms with Crippen LogP contribution in [0.3, 0.4) is 0 Å². The van der Waals surface area contributed by atoms with Crippen LogP contribution < -0.4 is 10.9 Å². The number of carbonyl (C=O) groups excluding carboxylic acids is 2. The molecule has 120 valence electrons. The molecule has 22 heavy (non-hydrogen) atoms. The van der Waals surface area contributed by atoms with Crippen LogP contribution in [0, 0.1) is 0 Å². The van der Waals surface area contributed by atoms with Crippen molar-refractivity contribution in [2.45, 2.75) is 38.1 Å². The molecule has 0 unspecified atom stereocenters. The summed E-state index contributed by atoms with van der Waals surface area (Å²) in [5, 5.41) is 0. The molecule has 1 aliphatic rings. The molecule has 1 aromatic rings. The smallest absolute Gasteiger partial charge is 0.269 e. The Hall–Kier alpha value is -1.40. The van der Waals surface area contributed by atoms with E-state index in [9.17, 15) is 9.59 Å². The van der Waals surface area contributed by atoms with Crippen molar-refractivity contribution >= 4 is 27.7 Å². The van der Waals surface area contributed by atoms with E-state index in [1.807, 2.05) is 7.05 Å². The molecule has 0 aromatic heterocycles. The number of halogens is 1. The van der Waals surface area contributed by atoms with Gasteiger partial charge in [0.2, 0.25) is 0 Å². The van der Waals surface area contributed by atoms with Gasteiger partial charge in [-0.2, -0.15) is 0 Å². The van der Waals surface area contributed by atoms with Crippen molar-refractivity contribution in [1.29, 1.82) is 0 Å². The fourth-order valence-corrected chi connectivity index (χ4v) is 2.98. The quantitative estimate of drug-likeness (QED) is 0.803. The zero-order valence-corrected chi connectivity index (χ0v) is 14.4. The molecule has 0 bridgehead atoms. The highest BCUT2D eigenvalue weighted by atomic mass is 79.9. The van der Waals surface area contributed by atoms with E-state index in [1.165, 1.54) is 19.3 Å². The Labute approximate surface area is 139 Å². The molecule has 0 aliphatic heterocycles. The molecule has 1 fully saturated rings. The van der Waals surface area contributed by atoms with Gasteiger partial charge in [0, 0.05) is 16.1 Å². The van der Waals surface area contributed by atoms with Crippen molar-refractivity contribution in [3.8, 4) is 0 Å². The summed E-state index contributed by atoms with van der Waals surface area (Å²) in [6, 6.07) is 7.43. The Balaban J connectivity index is 1.74. The molecule has 2 rings (SSSR count). The van der Waals surface area contributed by atoms with E-state index < -0.39 is 0 Å². The lowest BCUT2D eigenvalue weighted by molar-refractivity contribution is -0.123. The van der Waals surface area contributed by atoms with E-state index in [0.717, 1.165) is 17.3 Å². The molecule has 0 spiro atoms. The number of hydrazine groups is 1. The Kier molecular flexibility index (Phi) is 6.39. The first kappa shape index (κ1) is 17.0. The van der Waals surface area contributed by atoms with E-state index in [1.54, 1.807) is 24.3 Å². The van der Waals surface area contributed by atoms with E-state index >= 15 is 0 Å². The average molecular weight is 368 g/mol. The number of nitrogens with one attached hydrogen (secondary N) is 2. The van der Waals surface area contributed by atoms with Gasteiger partial charge in [-0.1, -0.05) is 35.2 Å². The minimum atomic E-state index is -0.318. The summed E-state index contributed by atoms with van der Waals surface area (Å²) in [4.78, 5) is 25.9. The molecule has 0 saturated heterocycles. The van der Waals surface area contributed by atoms with E-state index in [-0.39, 0.29) is 11.8 Å². The third-order valence-corrected chi connectivity index (χ3v) is 4.54. The monoisotopic (exact) mass is 367 g/mol. The summed E-state index contributed by atoms with van der Waals surface area (Å²) in [7, 11) is 1.96. The number of likely N-dealkylation sites (N-methyl/N-ethyl adjacent to an activating group) is 1.